The van der Waals surface area contributed by atoms with Crippen molar-refractivity contribution in [2.24, 2.45) is 0 Å². The highest BCUT2D eigenvalue weighted by molar-refractivity contribution is 5.41. The number of rotatable bonds is 3. The van der Waals surface area contributed by atoms with Gasteiger partial charge >= 0.3 is 0 Å². The summed E-state index contributed by atoms with van der Waals surface area (Å²) in [5.41, 5.74) is 1.29. The molecule has 0 amide bonds. The lowest BCUT2D eigenvalue weighted by atomic mass is 9.96. The Morgan fingerprint density at radius 2 is 1.96 bits per heavy atom. The summed E-state index contributed by atoms with van der Waals surface area (Å²) in [4.78, 5) is 11.6. The van der Waals surface area contributed by atoms with Gasteiger partial charge in [0.1, 0.15) is 11.6 Å². The zero-order chi connectivity index (χ0) is 16.3. The third-order valence-electron chi connectivity index (χ3n) is 4.15. The van der Waals surface area contributed by atoms with E-state index in [1.807, 2.05) is 12.3 Å². The summed E-state index contributed by atoms with van der Waals surface area (Å²) < 4.78 is 5.72. The standard InChI is InChI=1S/C19H25N3O/c1-19(2,3)18-20-10-9-17(21-18)22-11-12-23-14-16(22)13-15-7-5-4-6-8-15/h4-10,16H,11-14H2,1-3H3/t16-/m1/s1. The molecule has 2 heterocycles. The van der Waals surface area contributed by atoms with Crippen molar-refractivity contribution in [3.63, 3.8) is 0 Å². The molecule has 0 radical (unpaired) electrons. The lowest BCUT2D eigenvalue weighted by molar-refractivity contribution is 0.0936. The maximum Gasteiger partial charge on any atom is 0.135 e. The van der Waals surface area contributed by atoms with Gasteiger partial charge < -0.3 is 9.64 Å². The van der Waals surface area contributed by atoms with Gasteiger partial charge in [0.2, 0.25) is 0 Å². The molecule has 122 valence electrons. The first-order valence-electron chi connectivity index (χ1n) is 8.26. The molecule has 4 nitrogen and oxygen atoms in total. The zero-order valence-electron chi connectivity index (χ0n) is 14.2. The van der Waals surface area contributed by atoms with E-state index in [-0.39, 0.29) is 5.41 Å². The molecule has 1 aromatic carbocycles. The first kappa shape index (κ1) is 15.9. The predicted octanol–water partition coefficient (Wildman–Crippen LogP) is 3.22. The molecule has 23 heavy (non-hydrogen) atoms. The van der Waals surface area contributed by atoms with Crippen LogP contribution < -0.4 is 4.90 Å². The first-order chi connectivity index (χ1) is 11.0. The minimum atomic E-state index is -0.0444. The number of nitrogens with zero attached hydrogens (tertiary/aromatic N) is 3. The van der Waals surface area contributed by atoms with Crippen molar-refractivity contribution in [1.29, 1.82) is 0 Å². The maximum absolute atomic E-state index is 5.72. The molecule has 1 aliphatic heterocycles. The number of hydrogen-bond acceptors (Lipinski definition) is 4. The summed E-state index contributed by atoms with van der Waals surface area (Å²) in [7, 11) is 0. The highest BCUT2D eigenvalue weighted by atomic mass is 16.5. The van der Waals surface area contributed by atoms with Crippen LogP contribution in [-0.4, -0.2) is 35.8 Å². The predicted molar refractivity (Wildman–Crippen MR) is 92.8 cm³/mol. The smallest absolute Gasteiger partial charge is 0.135 e. The fourth-order valence-electron chi connectivity index (χ4n) is 2.88. The van der Waals surface area contributed by atoms with Gasteiger partial charge in [0.05, 0.1) is 19.3 Å². The normalized spacial score (nSPS) is 18.9. The van der Waals surface area contributed by atoms with Crippen molar-refractivity contribution in [2.45, 2.75) is 38.6 Å². The number of benzene rings is 1. The monoisotopic (exact) mass is 311 g/mol. The van der Waals surface area contributed by atoms with Gasteiger partial charge in [0.25, 0.3) is 0 Å². The van der Waals surface area contributed by atoms with E-state index in [0.717, 1.165) is 37.8 Å². The molecule has 2 aromatic rings. The van der Waals surface area contributed by atoms with Crippen LogP contribution in [0.2, 0.25) is 0 Å². The molecule has 1 aromatic heterocycles. The molecule has 1 saturated heterocycles. The van der Waals surface area contributed by atoms with Crippen LogP contribution in [0.1, 0.15) is 32.2 Å². The van der Waals surface area contributed by atoms with Crippen molar-refractivity contribution in [3.05, 3.63) is 54.0 Å². The second-order valence-corrected chi connectivity index (χ2v) is 7.10. The molecule has 0 unspecified atom stereocenters. The van der Waals surface area contributed by atoms with Crippen LogP contribution >= 0.6 is 0 Å². The summed E-state index contributed by atoms with van der Waals surface area (Å²) in [6.07, 6.45) is 2.84. The quantitative estimate of drug-likeness (QED) is 0.872. The van der Waals surface area contributed by atoms with E-state index >= 15 is 0 Å². The summed E-state index contributed by atoms with van der Waals surface area (Å²) in [5, 5.41) is 0. The van der Waals surface area contributed by atoms with Gasteiger partial charge in [-0.05, 0) is 18.1 Å². The maximum atomic E-state index is 5.72. The Morgan fingerprint density at radius 1 is 1.17 bits per heavy atom. The number of morpholine rings is 1. The van der Waals surface area contributed by atoms with E-state index in [0.29, 0.717) is 6.04 Å². The first-order valence-corrected chi connectivity index (χ1v) is 8.26. The Bertz CT molecular complexity index is 637. The van der Waals surface area contributed by atoms with Gasteiger partial charge in [-0.2, -0.15) is 0 Å². The highest BCUT2D eigenvalue weighted by Gasteiger charge is 2.26. The molecule has 1 fully saturated rings. The third-order valence-corrected chi connectivity index (χ3v) is 4.15. The summed E-state index contributed by atoms with van der Waals surface area (Å²) in [6, 6.07) is 12.9. The lowest BCUT2D eigenvalue weighted by Crippen LogP contribution is -2.47. The number of ether oxygens (including phenoxy) is 1. The van der Waals surface area contributed by atoms with Gasteiger partial charge in [-0.3, -0.25) is 0 Å². The van der Waals surface area contributed by atoms with Gasteiger partial charge in [-0.15, -0.1) is 0 Å². The number of hydrogen-bond donors (Lipinski definition) is 0. The fourth-order valence-corrected chi connectivity index (χ4v) is 2.88. The van der Waals surface area contributed by atoms with Crippen LogP contribution in [0.3, 0.4) is 0 Å². The van der Waals surface area contributed by atoms with E-state index < -0.39 is 0 Å². The summed E-state index contributed by atoms with van der Waals surface area (Å²) in [5.74, 6) is 1.90. The Kier molecular flexibility index (Phi) is 4.62. The number of aromatic nitrogens is 2. The second kappa shape index (κ2) is 6.67. The molecule has 3 rings (SSSR count). The largest absolute Gasteiger partial charge is 0.377 e. The molecule has 4 heteroatoms. The Labute approximate surface area is 138 Å². The average molecular weight is 311 g/mol. The van der Waals surface area contributed by atoms with Gasteiger partial charge in [0, 0.05) is 18.2 Å². The van der Waals surface area contributed by atoms with Crippen molar-refractivity contribution < 1.29 is 4.74 Å². The Balaban J connectivity index is 1.84. The molecular formula is C19H25N3O. The topological polar surface area (TPSA) is 38.2 Å². The van der Waals surface area contributed by atoms with Crippen LogP contribution in [0.4, 0.5) is 5.82 Å². The van der Waals surface area contributed by atoms with Crippen molar-refractivity contribution in [2.75, 3.05) is 24.7 Å². The van der Waals surface area contributed by atoms with Crippen molar-refractivity contribution in [1.82, 2.24) is 9.97 Å². The van der Waals surface area contributed by atoms with Crippen LogP contribution in [-0.2, 0) is 16.6 Å². The Hall–Kier alpha value is -1.94. The summed E-state index contributed by atoms with van der Waals surface area (Å²) >= 11 is 0. The van der Waals surface area contributed by atoms with E-state index in [1.165, 1.54) is 5.56 Å². The Morgan fingerprint density at radius 3 is 2.70 bits per heavy atom. The van der Waals surface area contributed by atoms with Gasteiger partial charge in [-0.25, -0.2) is 9.97 Å². The van der Waals surface area contributed by atoms with Crippen LogP contribution in [0.25, 0.3) is 0 Å². The molecule has 0 saturated carbocycles. The molecule has 1 aliphatic rings. The fraction of sp³-hybridized carbons (Fsp3) is 0.474. The van der Waals surface area contributed by atoms with E-state index in [4.69, 9.17) is 9.72 Å². The second-order valence-electron chi connectivity index (χ2n) is 7.10. The van der Waals surface area contributed by atoms with Gasteiger partial charge in [-0.1, -0.05) is 51.1 Å². The molecule has 0 bridgehead atoms. The van der Waals surface area contributed by atoms with Crippen molar-refractivity contribution >= 4 is 5.82 Å². The molecule has 1 atom stereocenters. The van der Waals surface area contributed by atoms with Crippen molar-refractivity contribution in [3.8, 4) is 0 Å². The SMILES string of the molecule is CC(C)(C)c1nccc(N2CCOC[C@H]2Cc2ccccc2)n1. The van der Waals surface area contributed by atoms with Crippen LogP contribution in [0.15, 0.2) is 42.6 Å². The van der Waals surface area contributed by atoms with E-state index in [2.05, 4.69) is 61.0 Å². The minimum Gasteiger partial charge on any atom is -0.377 e. The number of anilines is 1. The van der Waals surface area contributed by atoms with E-state index in [9.17, 15) is 0 Å². The van der Waals surface area contributed by atoms with E-state index in [1.54, 1.807) is 0 Å². The minimum absolute atomic E-state index is 0.0444. The average Bonchev–Trinajstić information content (AvgIpc) is 2.56. The van der Waals surface area contributed by atoms with Gasteiger partial charge in [0.15, 0.2) is 0 Å². The zero-order valence-corrected chi connectivity index (χ0v) is 14.2. The molecule has 0 spiro atoms. The molecule has 0 N–H and O–H groups in total. The molecule has 0 aliphatic carbocycles. The van der Waals surface area contributed by atoms with Crippen LogP contribution in [0, 0.1) is 0 Å². The van der Waals surface area contributed by atoms with Crippen LogP contribution in [0.5, 0.6) is 0 Å². The molecular weight excluding hydrogens is 286 g/mol. The highest BCUT2D eigenvalue weighted by Crippen LogP contribution is 2.24. The lowest BCUT2D eigenvalue weighted by Gasteiger charge is -2.37. The third kappa shape index (κ3) is 3.88. The summed E-state index contributed by atoms with van der Waals surface area (Å²) in [6.45, 7) is 8.80.